The molecule has 6 nitrogen and oxygen atoms in total. The van der Waals surface area contributed by atoms with Gasteiger partial charge in [0.15, 0.2) is 0 Å². The molecule has 0 bridgehead atoms. The maximum absolute atomic E-state index is 12.4. The van der Waals surface area contributed by atoms with Crippen LogP contribution in [0.15, 0.2) is 34.9 Å². The summed E-state index contributed by atoms with van der Waals surface area (Å²) in [6.07, 6.45) is 1.06. The lowest BCUT2D eigenvalue weighted by molar-refractivity contribution is -0.136. The fourth-order valence-corrected chi connectivity index (χ4v) is 2.22. The highest BCUT2D eigenvalue weighted by Crippen LogP contribution is 2.20. The van der Waals surface area contributed by atoms with Crippen molar-refractivity contribution in [3.63, 3.8) is 0 Å². The van der Waals surface area contributed by atoms with E-state index >= 15 is 0 Å². The summed E-state index contributed by atoms with van der Waals surface area (Å²) in [4.78, 5) is 23.3. The van der Waals surface area contributed by atoms with E-state index in [9.17, 15) is 9.59 Å². The molecule has 0 aliphatic carbocycles. The molecule has 0 spiro atoms. The predicted molar refractivity (Wildman–Crippen MR) is 84.5 cm³/mol. The van der Waals surface area contributed by atoms with E-state index in [1.54, 1.807) is 13.0 Å². The smallest absolute Gasteiger partial charge is 0.311 e. The highest BCUT2D eigenvalue weighted by Gasteiger charge is 2.20. The number of benzene rings is 1. The summed E-state index contributed by atoms with van der Waals surface area (Å²) in [5, 5.41) is 11.7. The number of carboxylic acids is 1. The molecular weight excluding hydrogens is 298 g/mol. The molecule has 0 saturated heterocycles. The van der Waals surface area contributed by atoms with Crippen LogP contribution in [0.2, 0.25) is 0 Å². The summed E-state index contributed by atoms with van der Waals surface area (Å²) in [5.74, 6) is -1.29. The number of anilines is 1. The molecule has 0 unspecified atom stereocenters. The van der Waals surface area contributed by atoms with Gasteiger partial charge >= 0.3 is 5.97 Å². The first kappa shape index (κ1) is 16.8. The van der Waals surface area contributed by atoms with Crippen molar-refractivity contribution in [1.29, 1.82) is 0 Å². The van der Waals surface area contributed by atoms with Crippen LogP contribution >= 0.6 is 0 Å². The minimum Gasteiger partial charge on any atom is -0.481 e. The molecule has 0 saturated carbocycles. The van der Waals surface area contributed by atoms with Crippen molar-refractivity contribution in [3.8, 4) is 0 Å². The number of aliphatic carboxylic acids is 1. The largest absolute Gasteiger partial charge is 0.481 e. The zero-order valence-corrected chi connectivity index (χ0v) is 13.1. The van der Waals surface area contributed by atoms with Crippen molar-refractivity contribution in [2.45, 2.75) is 26.9 Å². The Hall–Kier alpha value is -2.60. The maximum atomic E-state index is 12.4. The van der Waals surface area contributed by atoms with Gasteiger partial charge < -0.3 is 19.6 Å². The Morgan fingerprint density at radius 2 is 2.13 bits per heavy atom. The number of amides is 1. The molecular formula is C17H19NO5. The third-order valence-corrected chi connectivity index (χ3v) is 3.25. The van der Waals surface area contributed by atoms with E-state index in [0.717, 1.165) is 5.56 Å². The molecule has 0 aliphatic heterocycles. The van der Waals surface area contributed by atoms with Crippen LogP contribution in [0.4, 0.5) is 5.69 Å². The van der Waals surface area contributed by atoms with E-state index < -0.39 is 5.97 Å². The highest BCUT2D eigenvalue weighted by molar-refractivity contribution is 6.06. The number of carbonyl (C=O) groups is 2. The van der Waals surface area contributed by atoms with Crippen LogP contribution in [0, 0.1) is 6.92 Å². The average Bonchev–Trinajstić information content (AvgIpc) is 2.85. The quantitative estimate of drug-likeness (QED) is 0.819. The van der Waals surface area contributed by atoms with E-state index in [2.05, 4.69) is 5.32 Å². The molecule has 2 aromatic rings. The first-order valence-corrected chi connectivity index (χ1v) is 7.28. The summed E-state index contributed by atoms with van der Waals surface area (Å²) < 4.78 is 10.5. The van der Waals surface area contributed by atoms with Gasteiger partial charge in [0.05, 0.1) is 18.4 Å². The molecule has 1 heterocycles. The minimum absolute atomic E-state index is 0.151. The Bertz CT molecular complexity index is 705. The first-order valence-electron chi connectivity index (χ1n) is 7.28. The Morgan fingerprint density at radius 3 is 2.83 bits per heavy atom. The van der Waals surface area contributed by atoms with Crippen LogP contribution in [0.3, 0.4) is 0 Å². The van der Waals surface area contributed by atoms with Crippen molar-refractivity contribution in [2.75, 3.05) is 11.9 Å². The van der Waals surface area contributed by atoms with Crippen molar-refractivity contribution in [3.05, 3.63) is 53.0 Å². The van der Waals surface area contributed by atoms with Crippen LogP contribution in [0.1, 0.15) is 34.2 Å². The van der Waals surface area contributed by atoms with Crippen LogP contribution in [-0.2, 0) is 22.6 Å². The molecule has 0 radical (unpaired) electrons. The summed E-state index contributed by atoms with van der Waals surface area (Å²) in [5.41, 5.74) is 2.43. The summed E-state index contributed by atoms with van der Waals surface area (Å²) in [6.45, 7) is 4.70. The number of hydrogen-bond acceptors (Lipinski definition) is 4. The molecule has 122 valence electrons. The van der Waals surface area contributed by atoms with E-state index in [1.807, 2.05) is 25.1 Å². The number of nitrogens with one attached hydrogen (secondary N) is 1. The Labute approximate surface area is 134 Å². The second-order valence-electron chi connectivity index (χ2n) is 5.08. The van der Waals surface area contributed by atoms with Gasteiger partial charge in [-0.05, 0) is 31.5 Å². The first-order chi connectivity index (χ1) is 11.0. The second-order valence-corrected chi connectivity index (χ2v) is 5.08. The number of rotatable bonds is 7. The molecule has 2 N–H and O–H groups in total. The van der Waals surface area contributed by atoms with Gasteiger partial charge in [0.25, 0.3) is 5.91 Å². The van der Waals surface area contributed by atoms with Gasteiger partial charge in [-0.3, -0.25) is 9.59 Å². The van der Waals surface area contributed by atoms with E-state index in [1.165, 1.54) is 6.26 Å². The predicted octanol–water partition coefficient (Wildman–Crippen LogP) is 3.00. The molecule has 1 aromatic heterocycles. The standard InChI is InChI=1S/C17H19NO5/c1-3-22-10-12-5-4-6-13(7-12)18-17(21)16-11(2)9-23-14(16)8-15(19)20/h4-7,9H,3,8,10H2,1-2H3,(H,18,21)(H,19,20). The number of ether oxygens (including phenoxy) is 1. The number of carbonyl (C=O) groups excluding carboxylic acids is 1. The van der Waals surface area contributed by atoms with Gasteiger partial charge in [-0.2, -0.15) is 0 Å². The Morgan fingerprint density at radius 1 is 1.35 bits per heavy atom. The molecule has 1 aromatic carbocycles. The van der Waals surface area contributed by atoms with E-state index in [4.69, 9.17) is 14.3 Å². The van der Waals surface area contributed by atoms with E-state index in [0.29, 0.717) is 24.5 Å². The lowest BCUT2D eigenvalue weighted by Crippen LogP contribution is -2.15. The number of hydrogen-bond donors (Lipinski definition) is 2. The van der Waals surface area contributed by atoms with Crippen LogP contribution < -0.4 is 5.32 Å². The Balaban J connectivity index is 2.16. The molecule has 0 aliphatic rings. The van der Waals surface area contributed by atoms with Gasteiger partial charge in [-0.15, -0.1) is 0 Å². The highest BCUT2D eigenvalue weighted by atomic mass is 16.5. The monoisotopic (exact) mass is 317 g/mol. The van der Waals surface area contributed by atoms with Crippen LogP contribution in [-0.4, -0.2) is 23.6 Å². The van der Waals surface area contributed by atoms with Crippen molar-refractivity contribution in [2.24, 2.45) is 0 Å². The average molecular weight is 317 g/mol. The Kier molecular flexibility index (Phi) is 5.54. The molecule has 2 rings (SSSR count). The lowest BCUT2D eigenvalue weighted by Gasteiger charge is -2.08. The van der Waals surface area contributed by atoms with Crippen molar-refractivity contribution in [1.82, 2.24) is 0 Å². The van der Waals surface area contributed by atoms with Crippen LogP contribution in [0.5, 0.6) is 0 Å². The maximum Gasteiger partial charge on any atom is 0.311 e. The fourth-order valence-electron chi connectivity index (χ4n) is 2.22. The second kappa shape index (κ2) is 7.60. The molecule has 0 fully saturated rings. The minimum atomic E-state index is -1.05. The fraction of sp³-hybridized carbons (Fsp3) is 0.294. The summed E-state index contributed by atoms with van der Waals surface area (Å²) >= 11 is 0. The normalized spacial score (nSPS) is 10.5. The number of furan rings is 1. The van der Waals surface area contributed by atoms with E-state index in [-0.39, 0.29) is 23.7 Å². The van der Waals surface area contributed by atoms with Gasteiger partial charge in [0, 0.05) is 17.9 Å². The molecule has 0 atom stereocenters. The third-order valence-electron chi connectivity index (χ3n) is 3.25. The van der Waals surface area contributed by atoms with Crippen molar-refractivity contribution >= 4 is 17.6 Å². The SMILES string of the molecule is CCOCc1cccc(NC(=O)c2c(C)coc2CC(=O)O)c1. The zero-order valence-electron chi connectivity index (χ0n) is 13.1. The number of aryl methyl sites for hydroxylation is 1. The topological polar surface area (TPSA) is 88.8 Å². The van der Waals surface area contributed by atoms with Crippen LogP contribution in [0.25, 0.3) is 0 Å². The third kappa shape index (κ3) is 4.43. The molecule has 1 amide bonds. The van der Waals surface area contributed by atoms with Gasteiger partial charge in [0.2, 0.25) is 0 Å². The number of carboxylic acid groups (broad SMARTS) is 1. The molecule has 6 heteroatoms. The van der Waals surface area contributed by atoms with Gasteiger partial charge in [-0.1, -0.05) is 12.1 Å². The molecule has 23 heavy (non-hydrogen) atoms. The van der Waals surface area contributed by atoms with Gasteiger partial charge in [0.1, 0.15) is 12.2 Å². The lowest BCUT2D eigenvalue weighted by atomic mass is 10.1. The zero-order chi connectivity index (χ0) is 16.8. The van der Waals surface area contributed by atoms with Crippen molar-refractivity contribution < 1.29 is 23.8 Å². The summed E-state index contributed by atoms with van der Waals surface area (Å²) in [7, 11) is 0. The summed E-state index contributed by atoms with van der Waals surface area (Å²) in [6, 6.07) is 7.31. The van der Waals surface area contributed by atoms with Gasteiger partial charge in [-0.25, -0.2) is 0 Å².